The van der Waals surface area contributed by atoms with E-state index in [0.29, 0.717) is 12.3 Å². The number of ether oxygens (including phenoxy) is 1. The molecule has 4 heteroatoms. The zero-order valence-electron chi connectivity index (χ0n) is 9.01. The lowest BCUT2D eigenvalue weighted by Gasteiger charge is -2.01. The second-order valence-corrected chi connectivity index (χ2v) is 3.30. The summed E-state index contributed by atoms with van der Waals surface area (Å²) in [5, 5.41) is 0. The Morgan fingerprint density at radius 3 is 2.81 bits per heavy atom. The molecule has 4 nitrogen and oxygen atoms in total. The molecule has 2 aromatic rings. The summed E-state index contributed by atoms with van der Waals surface area (Å²) in [6.07, 6.45) is 1.49. The van der Waals surface area contributed by atoms with E-state index < -0.39 is 0 Å². The Balaban J connectivity index is 2.28. The molecule has 0 atom stereocenters. The van der Waals surface area contributed by atoms with E-state index in [2.05, 4.69) is 9.97 Å². The molecule has 0 bridgehead atoms. The highest BCUT2D eigenvalue weighted by Crippen LogP contribution is 2.08. The SMILES string of the molecule is CCOCC(=O)c1cnc2ccccc2n1. The zero-order valence-corrected chi connectivity index (χ0v) is 9.01. The molecule has 0 aliphatic rings. The molecule has 0 aliphatic carbocycles. The first-order chi connectivity index (χ1) is 7.81. The highest BCUT2D eigenvalue weighted by atomic mass is 16.5. The number of fused-ring (bicyclic) bond motifs is 1. The number of hydrogen-bond acceptors (Lipinski definition) is 4. The average Bonchev–Trinajstić information content (AvgIpc) is 2.35. The maximum absolute atomic E-state index is 11.6. The van der Waals surface area contributed by atoms with Crippen LogP contribution in [0.4, 0.5) is 0 Å². The predicted molar refractivity (Wildman–Crippen MR) is 60.4 cm³/mol. The normalized spacial score (nSPS) is 10.6. The van der Waals surface area contributed by atoms with Crippen LogP contribution in [0.3, 0.4) is 0 Å². The van der Waals surface area contributed by atoms with E-state index >= 15 is 0 Å². The number of benzene rings is 1. The van der Waals surface area contributed by atoms with Gasteiger partial charge in [-0.1, -0.05) is 12.1 Å². The van der Waals surface area contributed by atoms with Gasteiger partial charge in [-0.3, -0.25) is 9.78 Å². The first-order valence-electron chi connectivity index (χ1n) is 5.14. The van der Waals surface area contributed by atoms with E-state index in [9.17, 15) is 4.79 Å². The van der Waals surface area contributed by atoms with Gasteiger partial charge in [-0.2, -0.15) is 0 Å². The third-order valence-electron chi connectivity index (χ3n) is 2.17. The number of para-hydroxylation sites is 2. The number of ketones is 1. The Kier molecular flexibility index (Phi) is 3.22. The van der Waals surface area contributed by atoms with E-state index in [0.717, 1.165) is 11.0 Å². The lowest BCUT2D eigenvalue weighted by atomic mass is 10.2. The van der Waals surface area contributed by atoms with Crippen molar-refractivity contribution in [3.8, 4) is 0 Å². The topological polar surface area (TPSA) is 52.1 Å². The van der Waals surface area contributed by atoms with Crippen molar-refractivity contribution in [2.24, 2.45) is 0 Å². The molecule has 16 heavy (non-hydrogen) atoms. The van der Waals surface area contributed by atoms with Crippen molar-refractivity contribution in [2.45, 2.75) is 6.92 Å². The van der Waals surface area contributed by atoms with Gasteiger partial charge < -0.3 is 4.74 Å². The van der Waals surface area contributed by atoms with Crippen LogP contribution in [0.1, 0.15) is 17.4 Å². The van der Waals surface area contributed by atoms with E-state index in [4.69, 9.17) is 4.74 Å². The highest BCUT2D eigenvalue weighted by molar-refractivity contribution is 5.96. The van der Waals surface area contributed by atoms with Gasteiger partial charge in [0.05, 0.1) is 17.2 Å². The fraction of sp³-hybridized carbons (Fsp3) is 0.250. The molecule has 0 saturated heterocycles. The number of carbonyl (C=O) groups is 1. The standard InChI is InChI=1S/C12H12N2O2/c1-2-16-8-12(15)11-7-13-9-5-3-4-6-10(9)14-11/h3-7H,2,8H2,1H3. The van der Waals surface area contributed by atoms with Crippen LogP contribution in [0.15, 0.2) is 30.5 Å². The summed E-state index contributed by atoms with van der Waals surface area (Å²) in [5.41, 5.74) is 1.87. The monoisotopic (exact) mass is 216 g/mol. The molecule has 0 radical (unpaired) electrons. The number of Topliss-reactive ketones (excluding diaryl/α,β-unsaturated/α-hetero) is 1. The van der Waals surface area contributed by atoms with Crippen LogP contribution in [0.5, 0.6) is 0 Å². The Morgan fingerprint density at radius 1 is 1.31 bits per heavy atom. The van der Waals surface area contributed by atoms with Crippen LogP contribution in [0.2, 0.25) is 0 Å². The van der Waals surface area contributed by atoms with E-state index in [1.807, 2.05) is 31.2 Å². The van der Waals surface area contributed by atoms with E-state index in [-0.39, 0.29) is 12.4 Å². The van der Waals surface area contributed by atoms with E-state index in [1.54, 1.807) is 0 Å². The van der Waals surface area contributed by atoms with Gasteiger partial charge in [-0.25, -0.2) is 4.98 Å². The second-order valence-electron chi connectivity index (χ2n) is 3.30. The van der Waals surface area contributed by atoms with Crippen molar-refractivity contribution in [3.05, 3.63) is 36.2 Å². The Bertz CT molecular complexity index is 511. The first kappa shape index (κ1) is 10.7. The second kappa shape index (κ2) is 4.81. The lowest BCUT2D eigenvalue weighted by Crippen LogP contribution is -2.11. The molecule has 0 amide bonds. The summed E-state index contributed by atoms with van der Waals surface area (Å²) >= 11 is 0. The summed E-state index contributed by atoms with van der Waals surface area (Å²) in [6.45, 7) is 2.43. The van der Waals surface area contributed by atoms with Crippen LogP contribution in [-0.4, -0.2) is 29.0 Å². The maximum atomic E-state index is 11.6. The van der Waals surface area contributed by atoms with Crippen molar-refractivity contribution < 1.29 is 9.53 Å². The molecule has 1 heterocycles. The van der Waals surface area contributed by atoms with Crippen molar-refractivity contribution >= 4 is 16.8 Å². The molecule has 0 spiro atoms. The zero-order chi connectivity index (χ0) is 11.4. The predicted octanol–water partition coefficient (Wildman–Crippen LogP) is 1.85. The molecular formula is C12H12N2O2. The van der Waals surface area contributed by atoms with Crippen molar-refractivity contribution in [2.75, 3.05) is 13.2 Å². The van der Waals surface area contributed by atoms with E-state index in [1.165, 1.54) is 6.20 Å². The minimum atomic E-state index is -0.139. The largest absolute Gasteiger partial charge is 0.374 e. The molecule has 1 aromatic carbocycles. The number of aromatic nitrogens is 2. The van der Waals surface area contributed by atoms with Gasteiger partial charge in [-0.05, 0) is 19.1 Å². The summed E-state index contributed by atoms with van der Waals surface area (Å²) in [6, 6.07) is 7.45. The fourth-order valence-electron chi connectivity index (χ4n) is 1.36. The molecular weight excluding hydrogens is 204 g/mol. The van der Waals surface area contributed by atoms with Crippen molar-refractivity contribution in [1.29, 1.82) is 0 Å². The third-order valence-corrected chi connectivity index (χ3v) is 2.17. The molecule has 82 valence electrons. The number of rotatable bonds is 4. The van der Waals surface area contributed by atoms with Gasteiger partial charge in [0.1, 0.15) is 12.3 Å². The van der Waals surface area contributed by atoms with Gasteiger partial charge in [0.2, 0.25) is 5.78 Å². The van der Waals surface area contributed by atoms with Gasteiger partial charge in [0, 0.05) is 6.61 Å². The number of hydrogen-bond donors (Lipinski definition) is 0. The number of nitrogens with zero attached hydrogens (tertiary/aromatic N) is 2. The first-order valence-corrected chi connectivity index (χ1v) is 5.14. The van der Waals surface area contributed by atoms with Gasteiger partial charge in [-0.15, -0.1) is 0 Å². The van der Waals surface area contributed by atoms with Crippen LogP contribution in [0, 0.1) is 0 Å². The molecule has 0 unspecified atom stereocenters. The Labute approximate surface area is 93.3 Å². The fourth-order valence-corrected chi connectivity index (χ4v) is 1.36. The van der Waals surface area contributed by atoms with Gasteiger partial charge in [0.15, 0.2) is 0 Å². The third kappa shape index (κ3) is 2.23. The van der Waals surface area contributed by atoms with Crippen LogP contribution in [-0.2, 0) is 4.74 Å². The van der Waals surface area contributed by atoms with Crippen LogP contribution >= 0.6 is 0 Å². The minimum Gasteiger partial charge on any atom is -0.374 e. The minimum absolute atomic E-state index is 0.0590. The molecule has 0 saturated carbocycles. The average molecular weight is 216 g/mol. The Hall–Kier alpha value is -1.81. The Morgan fingerprint density at radius 2 is 2.06 bits per heavy atom. The van der Waals surface area contributed by atoms with Crippen molar-refractivity contribution in [3.63, 3.8) is 0 Å². The van der Waals surface area contributed by atoms with Gasteiger partial charge >= 0.3 is 0 Å². The molecule has 0 N–H and O–H groups in total. The summed E-state index contributed by atoms with van der Waals surface area (Å²) < 4.78 is 5.04. The molecule has 2 rings (SSSR count). The van der Waals surface area contributed by atoms with Crippen LogP contribution < -0.4 is 0 Å². The smallest absolute Gasteiger partial charge is 0.208 e. The molecule has 1 aromatic heterocycles. The summed E-state index contributed by atoms with van der Waals surface area (Å²) in [4.78, 5) is 20.0. The maximum Gasteiger partial charge on any atom is 0.208 e. The van der Waals surface area contributed by atoms with Crippen molar-refractivity contribution in [1.82, 2.24) is 9.97 Å². The lowest BCUT2D eigenvalue weighted by molar-refractivity contribution is 0.0778. The molecule has 0 aliphatic heterocycles. The summed E-state index contributed by atoms with van der Waals surface area (Å²) in [5.74, 6) is -0.139. The van der Waals surface area contributed by atoms with Crippen LogP contribution in [0.25, 0.3) is 11.0 Å². The quantitative estimate of drug-likeness (QED) is 0.732. The molecule has 0 fully saturated rings. The summed E-state index contributed by atoms with van der Waals surface area (Å²) in [7, 11) is 0. The highest BCUT2D eigenvalue weighted by Gasteiger charge is 2.08. The van der Waals surface area contributed by atoms with Gasteiger partial charge in [0.25, 0.3) is 0 Å². The number of carbonyl (C=O) groups excluding carboxylic acids is 1.